The van der Waals surface area contributed by atoms with Gasteiger partial charge >= 0.3 is 0 Å². The maximum absolute atomic E-state index is 13.3. The summed E-state index contributed by atoms with van der Waals surface area (Å²) in [7, 11) is 0. The van der Waals surface area contributed by atoms with Crippen LogP contribution in [-0.2, 0) is 17.6 Å². The van der Waals surface area contributed by atoms with Crippen molar-refractivity contribution in [3.05, 3.63) is 70.3 Å². The van der Waals surface area contributed by atoms with E-state index in [0.717, 1.165) is 28.7 Å². The molecule has 3 aliphatic rings. The highest BCUT2D eigenvalue weighted by molar-refractivity contribution is 6.00. The summed E-state index contributed by atoms with van der Waals surface area (Å²) < 4.78 is 0. The van der Waals surface area contributed by atoms with Gasteiger partial charge < -0.3 is 16.2 Å². The van der Waals surface area contributed by atoms with Gasteiger partial charge in [0, 0.05) is 12.0 Å². The molecule has 2 amide bonds. The summed E-state index contributed by atoms with van der Waals surface area (Å²) in [6.45, 7) is 8.04. The lowest BCUT2D eigenvalue weighted by Gasteiger charge is -2.41. The number of benzene rings is 2. The van der Waals surface area contributed by atoms with E-state index in [0.29, 0.717) is 12.0 Å². The van der Waals surface area contributed by atoms with Crippen LogP contribution in [0.5, 0.6) is 0 Å². The first-order chi connectivity index (χ1) is 16.0. The molecule has 2 aromatic rings. The average molecular weight is 461 g/mol. The maximum atomic E-state index is 13.3. The highest BCUT2D eigenvalue weighted by Crippen LogP contribution is 2.50. The van der Waals surface area contributed by atoms with Gasteiger partial charge in [-0.15, -0.1) is 0 Å². The topological polar surface area (TPSA) is 108 Å². The molecule has 7 heteroatoms. The SMILES string of the molecule is CC1(C)CC(=O)N([C@H]2c3cc(C(=O)N[C@@H]4c5ccccc5C[C@H]4O)ccc3CC2(C)C)C(N)=N1. The number of hydrogen-bond acceptors (Lipinski definition) is 5. The minimum absolute atomic E-state index is 0.0519. The number of aliphatic imine (C=N–C) groups is 1. The van der Waals surface area contributed by atoms with Crippen molar-refractivity contribution in [1.29, 1.82) is 0 Å². The second-order valence-corrected chi connectivity index (χ2v) is 11.1. The van der Waals surface area contributed by atoms with E-state index in [1.807, 2.05) is 56.3 Å². The first-order valence-electron chi connectivity index (χ1n) is 11.8. The molecular formula is C27H32N4O3. The van der Waals surface area contributed by atoms with Crippen molar-refractivity contribution < 1.29 is 14.7 Å². The number of hydrogen-bond donors (Lipinski definition) is 3. The predicted molar refractivity (Wildman–Crippen MR) is 130 cm³/mol. The van der Waals surface area contributed by atoms with Crippen LogP contribution in [0.15, 0.2) is 47.5 Å². The molecule has 4 N–H and O–H groups in total. The molecule has 0 spiro atoms. The van der Waals surface area contributed by atoms with Crippen LogP contribution in [0.2, 0.25) is 0 Å². The molecule has 34 heavy (non-hydrogen) atoms. The Morgan fingerprint density at radius 2 is 1.82 bits per heavy atom. The molecule has 0 saturated carbocycles. The van der Waals surface area contributed by atoms with Crippen LogP contribution < -0.4 is 11.1 Å². The fraction of sp³-hybridized carbons (Fsp3) is 0.444. The lowest BCUT2D eigenvalue weighted by Crippen LogP contribution is -2.53. The molecule has 2 aliphatic carbocycles. The molecule has 0 radical (unpaired) electrons. The number of aliphatic hydroxyl groups excluding tert-OH is 1. The molecule has 178 valence electrons. The summed E-state index contributed by atoms with van der Waals surface area (Å²) in [6, 6.07) is 12.7. The Labute approximate surface area is 200 Å². The Balaban J connectivity index is 1.47. The molecule has 0 unspecified atom stereocenters. The van der Waals surface area contributed by atoms with E-state index in [1.54, 1.807) is 4.90 Å². The Kier molecular flexibility index (Phi) is 5.09. The van der Waals surface area contributed by atoms with Gasteiger partial charge in [-0.3, -0.25) is 14.5 Å². The quantitative estimate of drug-likeness (QED) is 0.654. The molecule has 1 aliphatic heterocycles. The Bertz CT molecular complexity index is 1220. The summed E-state index contributed by atoms with van der Waals surface area (Å²) in [6.07, 6.45) is 0.916. The normalized spacial score (nSPS) is 26.6. The molecule has 1 heterocycles. The van der Waals surface area contributed by atoms with Crippen LogP contribution in [-0.4, -0.2) is 39.4 Å². The Hall–Kier alpha value is -3.19. The van der Waals surface area contributed by atoms with Crippen LogP contribution in [0.25, 0.3) is 0 Å². The number of carbonyl (C=O) groups is 2. The summed E-state index contributed by atoms with van der Waals surface area (Å²) >= 11 is 0. The van der Waals surface area contributed by atoms with E-state index in [2.05, 4.69) is 24.2 Å². The van der Waals surface area contributed by atoms with Gasteiger partial charge in [-0.25, -0.2) is 4.99 Å². The van der Waals surface area contributed by atoms with Gasteiger partial charge in [0.25, 0.3) is 5.91 Å². The van der Waals surface area contributed by atoms with Crippen LogP contribution in [0.3, 0.4) is 0 Å². The summed E-state index contributed by atoms with van der Waals surface area (Å²) in [5, 5.41) is 13.6. The molecule has 0 aromatic heterocycles. The van der Waals surface area contributed by atoms with Crippen LogP contribution in [0, 0.1) is 5.41 Å². The largest absolute Gasteiger partial charge is 0.390 e. The number of carbonyl (C=O) groups excluding carboxylic acids is 2. The fourth-order valence-electron chi connectivity index (χ4n) is 5.88. The van der Waals surface area contributed by atoms with E-state index in [9.17, 15) is 14.7 Å². The number of fused-ring (bicyclic) bond motifs is 2. The van der Waals surface area contributed by atoms with Crippen molar-refractivity contribution in [2.24, 2.45) is 16.1 Å². The number of aliphatic hydroxyl groups is 1. The molecule has 5 rings (SSSR count). The molecule has 0 fully saturated rings. The standard InChI is InChI=1S/C27H32N4O3/c1-26(2)13-17-10-9-16(24(34)29-22-18-8-6-5-7-15(18)12-20(22)32)11-19(17)23(26)31-21(33)14-27(3,4)30-25(31)28/h5-11,20,22-23,32H,12-14H2,1-4H3,(H2,28,30)(H,29,34)/t20-,22-,23+/m1/s1. The van der Waals surface area contributed by atoms with Crippen LogP contribution in [0.1, 0.15) is 78.8 Å². The lowest BCUT2D eigenvalue weighted by molar-refractivity contribution is -0.132. The van der Waals surface area contributed by atoms with Gasteiger partial charge in [0.1, 0.15) is 0 Å². The average Bonchev–Trinajstić information content (AvgIpc) is 3.19. The number of guanidine groups is 1. The third kappa shape index (κ3) is 3.68. The van der Waals surface area contributed by atoms with Crippen LogP contribution in [0.4, 0.5) is 0 Å². The van der Waals surface area contributed by atoms with E-state index < -0.39 is 17.7 Å². The monoisotopic (exact) mass is 460 g/mol. The van der Waals surface area contributed by atoms with E-state index >= 15 is 0 Å². The smallest absolute Gasteiger partial charge is 0.251 e. The van der Waals surface area contributed by atoms with E-state index in [4.69, 9.17) is 5.73 Å². The van der Waals surface area contributed by atoms with Crippen molar-refractivity contribution in [3.63, 3.8) is 0 Å². The zero-order valence-electron chi connectivity index (χ0n) is 20.1. The van der Waals surface area contributed by atoms with Crippen molar-refractivity contribution >= 4 is 17.8 Å². The van der Waals surface area contributed by atoms with Gasteiger partial charge in [-0.1, -0.05) is 44.2 Å². The van der Waals surface area contributed by atoms with Crippen LogP contribution >= 0.6 is 0 Å². The molecule has 0 saturated heterocycles. The second kappa shape index (κ2) is 7.67. The van der Waals surface area contributed by atoms with Gasteiger partial charge in [-0.05, 0) is 60.1 Å². The first-order valence-corrected chi connectivity index (χ1v) is 11.8. The second-order valence-electron chi connectivity index (χ2n) is 11.1. The molecule has 3 atom stereocenters. The Morgan fingerprint density at radius 1 is 1.09 bits per heavy atom. The van der Waals surface area contributed by atoms with E-state index in [-0.39, 0.29) is 35.7 Å². The molecular weight excluding hydrogens is 428 g/mol. The van der Waals surface area contributed by atoms with Crippen molar-refractivity contribution in [2.75, 3.05) is 0 Å². The zero-order valence-corrected chi connectivity index (χ0v) is 20.1. The predicted octanol–water partition coefficient (Wildman–Crippen LogP) is 3.02. The van der Waals surface area contributed by atoms with Crippen molar-refractivity contribution in [3.8, 4) is 0 Å². The molecule has 0 bridgehead atoms. The van der Waals surface area contributed by atoms with Gasteiger partial charge in [0.15, 0.2) is 5.96 Å². The summed E-state index contributed by atoms with van der Waals surface area (Å²) in [5.41, 5.74) is 10.1. The first kappa shape index (κ1) is 22.6. The maximum Gasteiger partial charge on any atom is 0.251 e. The Morgan fingerprint density at radius 3 is 2.56 bits per heavy atom. The molecule has 2 aromatic carbocycles. The van der Waals surface area contributed by atoms with Gasteiger partial charge in [0.05, 0.1) is 30.1 Å². The van der Waals surface area contributed by atoms with Gasteiger partial charge in [-0.2, -0.15) is 0 Å². The number of rotatable bonds is 3. The highest BCUT2D eigenvalue weighted by atomic mass is 16.3. The minimum atomic E-state index is -0.659. The molecule has 7 nitrogen and oxygen atoms in total. The fourth-order valence-corrected chi connectivity index (χ4v) is 5.88. The van der Waals surface area contributed by atoms with Crippen molar-refractivity contribution in [2.45, 2.75) is 70.7 Å². The lowest BCUT2D eigenvalue weighted by atomic mass is 9.83. The highest BCUT2D eigenvalue weighted by Gasteiger charge is 2.48. The number of amides is 2. The van der Waals surface area contributed by atoms with E-state index in [1.165, 1.54) is 0 Å². The minimum Gasteiger partial charge on any atom is -0.390 e. The summed E-state index contributed by atoms with van der Waals surface area (Å²) in [4.78, 5) is 32.6. The zero-order chi connectivity index (χ0) is 24.4. The van der Waals surface area contributed by atoms with Crippen molar-refractivity contribution in [1.82, 2.24) is 10.2 Å². The third-order valence-electron chi connectivity index (χ3n) is 7.35. The third-order valence-corrected chi connectivity index (χ3v) is 7.35. The number of nitrogens with one attached hydrogen (secondary N) is 1. The summed E-state index contributed by atoms with van der Waals surface area (Å²) in [5.74, 6) is -0.0727. The van der Waals surface area contributed by atoms with Gasteiger partial charge in [0.2, 0.25) is 5.91 Å². The number of nitrogens with zero attached hydrogens (tertiary/aromatic N) is 2. The number of nitrogens with two attached hydrogens (primary N) is 1.